The van der Waals surface area contributed by atoms with Gasteiger partial charge < -0.3 is 33.4 Å². The van der Waals surface area contributed by atoms with E-state index in [1.165, 1.54) is 22.6 Å². The first-order valence-corrected chi connectivity index (χ1v) is 19.2. The smallest absolute Gasteiger partial charge is 0.264 e. The minimum atomic E-state index is -0.704. The summed E-state index contributed by atoms with van der Waals surface area (Å²) in [5, 5.41) is 11.0. The van der Waals surface area contributed by atoms with E-state index >= 15 is 4.79 Å². The van der Waals surface area contributed by atoms with Crippen LogP contribution in [-0.2, 0) is 31.3 Å². The molecule has 57 heavy (non-hydrogen) atoms. The van der Waals surface area contributed by atoms with E-state index in [0.717, 1.165) is 29.7 Å². The van der Waals surface area contributed by atoms with Crippen molar-refractivity contribution in [2.75, 3.05) is 51.2 Å². The lowest BCUT2D eigenvalue weighted by molar-refractivity contribution is 0.0193. The molecule has 0 saturated carbocycles. The van der Waals surface area contributed by atoms with Crippen LogP contribution in [-0.4, -0.2) is 93.2 Å². The number of amides is 2. The van der Waals surface area contributed by atoms with Crippen LogP contribution in [0.25, 0.3) is 22.3 Å². The summed E-state index contributed by atoms with van der Waals surface area (Å²) in [6, 6.07) is 23.5. The molecule has 3 aromatic heterocycles. The van der Waals surface area contributed by atoms with Gasteiger partial charge in [0, 0.05) is 67.8 Å². The minimum Gasteiger partial charge on any atom is -0.508 e. The molecule has 6 heterocycles. The van der Waals surface area contributed by atoms with Crippen molar-refractivity contribution in [2.24, 2.45) is 7.05 Å². The lowest BCUT2D eigenvalue weighted by Crippen LogP contribution is -2.52. The highest BCUT2D eigenvalue weighted by Gasteiger charge is 2.35. The van der Waals surface area contributed by atoms with Gasteiger partial charge in [-0.15, -0.1) is 0 Å². The summed E-state index contributed by atoms with van der Waals surface area (Å²) < 4.78 is 35.5. The summed E-state index contributed by atoms with van der Waals surface area (Å²) in [7, 11) is 1.90. The molecule has 12 nitrogen and oxygen atoms in total. The van der Waals surface area contributed by atoms with Crippen LogP contribution in [0.1, 0.15) is 37.5 Å². The molecule has 0 radical (unpaired) electrons. The number of aryl methyl sites for hydroxylation is 1. The highest BCUT2D eigenvalue weighted by atomic mass is 19.1. The molecule has 1 saturated heterocycles. The number of hydrogen-bond acceptors (Lipinski definition) is 8. The van der Waals surface area contributed by atoms with Gasteiger partial charge in [-0.1, -0.05) is 24.3 Å². The van der Waals surface area contributed by atoms with E-state index in [0.29, 0.717) is 83.7 Å². The molecule has 0 aliphatic carbocycles. The zero-order valence-corrected chi connectivity index (χ0v) is 31.9. The first kappa shape index (κ1) is 36.5. The number of nitrogens with zero attached hydrogens (tertiary/aromatic N) is 6. The van der Waals surface area contributed by atoms with Crippen LogP contribution in [0.2, 0.25) is 0 Å². The Morgan fingerprint density at radius 3 is 2.46 bits per heavy atom. The number of ether oxygens (including phenoxy) is 3. The molecule has 2 amide bonds. The Morgan fingerprint density at radius 2 is 1.68 bits per heavy atom. The van der Waals surface area contributed by atoms with Crippen molar-refractivity contribution in [2.45, 2.75) is 32.5 Å². The van der Waals surface area contributed by atoms with Gasteiger partial charge in [0.15, 0.2) is 11.5 Å². The largest absolute Gasteiger partial charge is 0.508 e. The summed E-state index contributed by atoms with van der Waals surface area (Å²) in [6.07, 6.45) is 4.24. The van der Waals surface area contributed by atoms with Gasteiger partial charge in [0.25, 0.3) is 11.8 Å². The van der Waals surface area contributed by atoms with Crippen LogP contribution < -0.4 is 14.4 Å². The average molecular weight is 771 g/mol. The Morgan fingerprint density at radius 1 is 0.930 bits per heavy atom. The number of morpholine rings is 1. The summed E-state index contributed by atoms with van der Waals surface area (Å²) >= 11 is 0. The quantitative estimate of drug-likeness (QED) is 0.174. The molecule has 0 spiro atoms. The Bertz CT molecular complexity index is 2490. The third kappa shape index (κ3) is 6.76. The molecule has 3 aliphatic rings. The van der Waals surface area contributed by atoms with Crippen LogP contribution in [0.3, 0.4) is 0 Å². The summed E-state index contributed by atoms with van der Waals surface area (Å²) in [6.45, 7) is 5.02. The van der Waals surface area contributed by atoms with Gasteiger partial charge in [-0.05, 0) is 79.1 Å². The van der Waals surface area contributed by atoms with Crippen molar-refractivity contribution in [3.05, 3.63) is 119 Å². The number of aromatic hydroxyl groups is 1. The molecule has 1 N–H and O–H groups in total. The third-order valence-electron chi connectivity index (χ3n) is 11.4. The van der Waals surface area contributed by atoms with Gasteiger partial charge in [-0.2, -0.15) is 0 Å². The Kier molecular flexibility index (Phi) is 9.63. The van der Waals surface area contributed by atoms with E-state index in [9.17, 15) is 14.3 Å². The van der Waals surface area contributed by atoms with Crippen molar-refractivity contribution in [3.8, 4) is 28.5 Å². The lowest BCUT2D eigenvalue weighted by Gasteiger charge is -2.40. The Balaban J connectivity index is 1.15. The lowest BCUT2D eigenvalue weighted by atomic mass is 9.92. The normalized spacial score (nSPS) is 16.5. The Labute approximate surface area is 329 Å². The monoisotopic (exact) mass is 770 g/mol. The summed E-state index contributed by atoms with van der Waals surface area (Å²) in [4.78, 5) is 40.6. The maximum absolute atomic E-state index is 15.2. The van der Waals surface area contributed by atoms with Gasteiger partial charge in [-0.25, -0.2) is 9.37 Å². The number of pyridine rings is 1. The maximum atomic E-state index is 15.2. The average Bonchev–Trinajstić information content (AvgIpc) is 3.94. The number of anilines is 2. The molecular weight excluding hydrogens is 728 g/mol. The van der Waals surface area contributed by atoms with E-state index in [-0.39, 0.29) is 36.9 Å². The first-order valence-electron chi connectivity index (χ1n) is 19.2. The van der Waals surface area contributed by atoms with Gasteiger partial charge in [0.05, 0.1) is 48.5 Å². The fourth-order valence-corrected chi connectivity index (χ4v) is 8.38. The van der Waals surface area contributed by atoms with Crippen molar-refractivity contribution in [1.82, 2.24) is 23.9 Å². The minimum absolute atomic E-state index is 0.00119. The first-order chi connectivity index (χ1) is 27.8. The molecule has 3 aliphatic heterocycles. The van der Waals surface area contributed by atoms with Crippen molar-refractivity contribution >= 4 is 34.2 Å². The number of halogens is 1. The molecule has 1 atom stereocenters. The van der Waals surface area contributed by atoms with Gasteiger partial charge in [0.1, 0.15) is 18.1 Å². The van der Waals surface area contributed by atoms with Crippen LogP contribution in [0, 0.1) is 6.92 Å². The number of phenols is 1. The van der Waals surface area contributed by atoms with E-state index in [4.69, 9.17) is 14.2 Å². The highest BCUT2D eigenvalue weighted by molar-refractivity contribution is 6.13. The number of rotatable bonds is 9. The van der Waals surface area contributed by atoms with Gasteiger partial charge in [-0.3, -0.25) is 19.4 Å². The number of hydrogen-bond donors (Lipinski definition) is 1. The van der Waals surface area contributed by atoms with Crippen molar-refractivity contribution in [3.63, 3.8) is 0 Å². The summed E-state index contributed by atoms with van der Waals surface area (Å²) in [5.74, 6) is 0.383. The van der Waals surface area contributed by atoms with E-state index in [1.807, 2.05) is 47.0 Å². The standard InChI is InChI=1S/C44H43FN6O6/c1-28-36(44(54)51(32-7-9-35(52)10-8-32)33-20-30-11-13-47(2)42(30)46-24-33)21-39(49(28)14-12-45)37-22-40-41(57-27-56-40)23-38(37)43(53)50-25-31-6-4-3-5-29(31)19-34(50)26-48-15-17-55-18-16-48/h3-11,13,20-24,34,52H,12,14-19,25-27H2,1-2H3/t34-/m0/s1. The molecule has 6 aromatic rings. The molecule has 0 unspecified atom stereocenters. The molecule has 13 heteroatoms. The third-order valence-corrected chi connectivity index (χ3v) is 11.4. The molecule has 1 fully saturated rings. The second-order valence-electron chi connectivity index (χ2n) is 14.8. The van der Waals surface area contributed by atoms with Crippen molar-refractivity contribution < 1.29 is 33.3 Å². The van der Waals surface area contributed by atoms with E-state index in [2.05, 4.69) is 22.0 Å². The van der Waals surface area contributed by atoms with E-state index < -0.39 is 6.67 Å². The SMILES string of the molecule is Cc1c(C(=O)N(c2ccc(O)cc2)c2cnc3c(ccn3C)c2)cc(-c2cc3c(cc2C(=O)N2Cc4ccccc4C[C@H]2CN2CCOCC2)OCO3)n1CCF. The molecule has 0 bridgehead atoms. The predicted molar refractivity (Wildman–Crippen MR) is 213 cm³/mol. The van der Waals surface area contributed by atoms with Crippen LogP contribution in [0.15, 0.2) is 91.3 Å². The molecule has 292 valence electrons. The summed E-state index contributed by atoms with van der Waals surface area (Å²) in [5.41, 5.74) is 6.31. The molecule has 3 aromatic carbocycles. The Hall–Kier alpha value is -6.18. The molecular formula is C44H43FN6O6. The topological polar surface area (TPSA) is 115 Å². The number of alkyl halides is 1. The second-order valence-corrected chi connectivity index (χ2v) is 14.8. The fraction of sp³-hybridized carbons (Fsp3) is 0.295. The highest BCUT2D eigenvalue weighted by Crippen LogP contribution is 2.42. The van der Waals surface area contributed by atoms with Crippen molar-refractivity contribution in [1.29, 1.82) is 0 Å². The fourth-order valence-electron chi connectivity index (χ4n) is 8.38. The zero-order chi connectivity index (χ0) is 39.2. The molecule has 9 rings (SSSR count). The maximum Gasteiger partial charge on any atom is 0.264 e. The van der Waals surface area contributed by atoms with Crippen LogP contribution >= 0.6 is 0 Å². The van der Waals surface area contributed by atoms with Gasteiger partial charge >= 0.3 is 0 Å². The van der Waals surface area contributed by atoms with E-state index in [1.54, 1.807) is 48.0 Å². The van der Waals surface area contributed by atoms with Gasteiger partial charge in [0.2, 0.25) is 6.79 Å². The number of carbonyl (C=O) groups is 2. The second kappa shape index (κ2) is 15.1. The predicted octanol–water partition coefficient (Wildman–Crippen LogP) is 6.63. The number of phenolic OH excluding ortho intramolecular Hbond substituents is 1. The zero-order valence-electron chi connectivity index (χ0n) is 31.9. The number of benzene rings is 3. The van der Waals surface area contributed by atoms with Crippen LogP contribution in [0.4, 0.5) is 15.8 Å². The van der Waals surface area contributed by atoms with Crippen LogP contribution in [0.5, 0.6) is 17.2 Å². The number of fused-ring (bicyclic) bond motifs is 3. The number of aromatic nitrogens is 3. The number of carbonyl (C=O) groups excluding carboxylic acids is 2.